The number of hydrogen-bond acceptors (Lipinski definition) is 6. The van der Waals surface area contributed by atoms with Gasteiger partial charge in [-0.15, -0.1) is 0 Å². The van der Waals surface area contributed by atoms with E-state index < -0.39 is 0 Å². The molecule has 2 aliphatic heterocycles. The van der Waals surface area contributed by atoms with Crippen LogP contribution in [-0.2, 0) is 11.2 Å². The number of anilines is 2. The van der Waals surface area contributed by atoms with Gasteiger partial charge in [0, 0.05) is 76.6 Å². The molecule has 0 N–H and O–H groups in total. The van der Waals surface area contributed by atoms with Crippen LogP contribution >= 0.6 is 11.6 Å². The van der Waals surface area contributed by atoms with Gasteiger partial charge in [-0.2, -0.15) is 0 Å². The minimum absolute atomic E-state index is 0.0524. The van der Waals surface area contributed by atoms with Crippen LogP contribution in [0.3, 0.4) is 0 Å². The van der Waals surface area contributed by atoms with Crippen molar-refractivity contribution in [3.05, 3.63) is 35.0 Å². The Labute approximate surface area is 183 Å². The van der Waals surface area contributed by atoms with Crippen LogP contribution in [0.15, 0.2) is 24.3 Å². The molecule has 0 spiro atoms. The summed E-state index contributed by atoms with van der Waals surface area (Å²) in [6.07, 6.45) is 1.12. The Bertz CT molecular complexity index is 924. The standard InChI is InChI=1S/C22H29ClN6O/c1-26(2)19(30)14-17-13-18-20(23)24-21(25-22(18)28(17)4)15-5-7-16(8-6-15)29-11-9-27(3)10-12-29/h5-8,17H,9-14H2,1-4H3. The Morgan fingerprint density at radius 3 is 2.40 bits per heavy atom. The Balaban J connectivity index is 1.54. The first-order valence-electron chi connectivity index (χ1n) is 10.4. The maximum absolute atomic E-state index is 12.2. The summed E-state index contributed by atoms with van der Waals surface area (Å²) in [5.74, 6) is 1.54. The predicted octanol–water partition coefficient (Wildman–Crippen LogP) is 2.39. The molecule has 8 heteroatoms. The van der Waals surface area contributed by atoms with Gasteiger partial charge in [0.25, 0.3) is 0 Å². The lowest BCUT2D eigenvalue weighted by Gasteiger charge is -2.34. The van der Waals surface area contributed by atoms with Gasteiger partial charge in [-0.1, -0.05) is 11.6 Å². The zero-order valence-corrected chi connectivity index (χ0v) is 18.9. The van der Waals surface area contributed by atoms with Crippen LogP contribution in [0.4, 0.5) is 11.5 Å². The van der Waals surface area contributed by atoms with E-state index in [4.69, 9.17) is 16.6 Å². The van der Waals surface area contributed by atoms with Gasteiger partial charge in [-0.05, 0) is 37.7 Å². The van der Waals surface area contributed by atoms with Crippen LogP contribution in [0, 0.1) is 0 Å². The molecule has 1 fully saturated rings. The van der Waals surface area contributed by atoms with Crippen molar-refractivity contribution in [2.75, 3.05) is 64.2 Å². The molecule has 0 saturated carbocycles. The number of hydrogen-bond donors (Lipinski definition) is 0. The van der Waals surface area contributed by atoms with Crippen LogP contribution < -0.4 is 9.80 Å². The van der Waals surface area contributed by atoms with Crippen molar-refractivity contribution < 1.29 is 4.79 Å². The summed E-state index contributed by atoms with van der Waals surface area (Å²) >= 11 is 6.54. The second-order valence-corrected chi connectivity index (χ2v) is 8.80. The number of piperazine rings is 1. The van der Waals surface area contributed by atoms with E-state index in [1.165, 1.54) is 5.69 Å². The van der Waals surface area contributed by atoms with E-state index in [-0.39, 0.29) is 11.9 Å². The van der Waals surface area contributed by atoms with Crippen LogP contribution in [0.5, 0.6) is 0 Å². The van der Waals surface area contributed by atoms with Crippen LogP contribution in [-0.4, -0.2) is 86.1 Å². The summed E-state index contributed by atoms with van der Waals surface area (Å²) in [5.41, 5.74) is 3.09. The molecule has 160 valence electrons. The molecule has 1 saturated heterocycles. The number of carbonyl (C=O) groups is 1. The van der Waals surface area contributed by atoms with Gasteiger partial charge in [-0.25, -0.2) is 9.97 Å². The molecule has 3 heterocycles. The Morgan fingerprint density at radius 1 is 1.10 bits per heavy atom. The molecule has 0 radical (unpaired) electrons. The van der Waals surface area contributed by atoms with Gasteiger partial charge in [0.05, 0.1) is 0 Å². The van der Waals surface area contributed by atoms with Crippen LogP contribution in [0.2, 0.25) is 5.15 Å². The number of benzene rings is 1. The maximum atomic E-state index is 12.2. The average Bonchev–Trinajstić information content (AvgIpc) is 3.05. The third-order valence-electron chi connectivity index (χ3n) is 6.16. The first-order chi connectivity index (χ1) is 14.3. The molecular weight excluding hydrogens is 400 g/mol. The molecule has 1 atom stereocenters. The van der Waals surface area contributed by atoms with Crippen LogP contribution in [0.1, 0.15) is 12.0 Å². The lowest BCUT2D eigenvalue weighted by Crippen LogP contribution is -2.44. The van der Waals surface area contributed by atoms with Crippen molar-refractivity contribution >= 4 is 29.0 Å². The minimum Gasteiger partial charge on any atom is -0.369 e. The summed E-state index contributed by atoms with van der Waals surface area (Å²) in [6.45, 7) is 4.23. The molecule has 2 aliphatic rings. The minimum atomic E-state index is 0.0524. The summed E-state index contributed by atoms with van der Waals surface area (Å²) in [6, 6.07) is 8.44. The van der Waals surface area contributed by atoms with Gasteiger partial charge >= 0.3 is 0 Å². The van der Waals surface area contributed by atoms with Crippen LogP contribution in [0.25, 0.3) is 11.4 Å². The monoisotopic (exact) mass is 428 g/mol. The molecule has 1 amide bonds. The molecule has 1 aromatic heterocycles. The van der Waals surface area contributed by atoms with Crippen molar-refractivity contribution in [1.82, 2.24) is 19.8 Å². The molecule has 0 aliphatic carbocycles. The lowest BCUT2D eigenvalue weighted by molar-refractivity contribution is -0.129. The van der Waals surface area contributed by atoms with E-state index in [0.717, 1.165) is 43.1 Å². The van der Waals surface area contributed by atoms with Gasteiger partial charge in [-0.3, -0.25) is 4.79 Å². The van der Waals surface area contributed by atoms with Crippen molar-refractivity contribution in [3.8, 4) is 11.4 Å². The first-order valence-corrected chi connectivity index (χ1v) is 10.7. The summed E-state index contributed by atoms with van der Waals surface area (Å²) in [7, 11) is 7.69. The number of fused-ring (bicyclic) bond motifs is 1. The highest BCUT2D eigenvalue weighted by molar-refractivity contribution is 6.30. The zero-order valence-electron chi connectivity index (χ0n) is 18.1. The van der Waals surface area contributed by atoms with E-state index >= 15 is 0 Å². The molecule has 30 heavy (non-hydrogen) atoms. The third kappa shape index (κ3) is 4.09. The van der Waals surface area contributed by atoms with E-state index in [1.54, 1.807) is 19.0 Å². The average molecular weight is 429 g/mol. The van der Waals surface area contributed by atoms with E-state index in [0.29, 0.717) is 23.8 Å². The summed E-state index contributed by atoms with van der Waals surface area (Å²) in [5, 5.41) is 0.477. The smallest absolute Gasteiger partial charge is 0.224 e. The Morgan fingerprint density at radius 2 is 1.77 bits per heavy atom. The number of nitrogens with zero attached hydrogens (tertiary/aromatic N) is 6. The van der Waals surface area contributed by atoms with Crippen molar-refractivity contribution in [2.45, 2.75) is 18.9 Å². The fraction of sp³-hybridized carbons (Fsp3) is 0.500. The van der Waals surface area contributed by atoms with E-state index in [1.807, 2.05) is 7.05 Å². The fourth-order valence-electron chi connectivity index (χ4n) is 4.07. The van der Waals surface area contributed by atoms with Crippen molar-refractivity contribution in [3.63, 3.8) is 0 Å². The van der Waals surface area contributed by atoms with Crippen molar-refractivity contribution in [2.24, 2.45) is 0 Å². The predicted molar refractivity (Wildman–Crippen MR) is 121 cm³/mol. The number of aromatic nitrogens is 2. The van der Waals surface area contributed by atoms with Gasteiger partial charge in [0.1, 0.15) is 11.0 Å². The molecule has 7 nitrogen and oxygen atoms in total. The number of amides is 1. The highest BCUT2D eigenvalue weighted by Gasteiger charge is 2.33. The van der Waals surface area contributed by atoms with E-state index in [2.05, 4.69) is 51.0 Å². The molecule has 4 rings (SSSR count). The highest BCUT2D eigenvalue weighted by Crippen LogP contribution is 2.36. The zero-order chi connectivity index (χ0) is 21.4. The third-order valence-corrected chi connectivity index (χ3v) is 6.47. The molecule has 2 aromatic rings. The summed E-state index contributed by atoms with van der Waals surface area (Å²) < 4.78 is 0. The number of halogens is 1. The molecule has 0 bridgehead atoms. The number of carbonyl (C=O) groups excluding carboxylic acids is 1. The van der Waals surface area contributed by atoms with E-state index in [9.17, 15) is 4.79 Å². The van der Waals surface area contributed by atoms with Gasteiger partial charge in [0.2, 0.25) is 5.91 Å². The molecule has 1 aromatic carbocycles. The SMILES string of the molecule is CN1CCN(c2ccc(-c3nc(Cl)c4c(n3)N(C)C(CC(=O)N(C)C)C4)cc2)CC1. The molecule has 1 unspecified atom stereocenters. The van der Waals surface area contributed by atoms with Gasteiger partial charge < -0.3 is 19.6 Å². The Hall–Kier alpha value is -2.38. The topological polar surface area (TPSA) is 55.8 Å². The number of likely N-dealkylation sites (N-methyl/N-ethyl adjacent to an activating group) is 2. The second kappa shape index (κ2) is 8.40. The molecular formula is C22H29ClN6O. The maximum Gasteiger partial charge on any atom is 0.224 e. The fourth-order valence-corrected chi connectivity index (χ4v) is 4.31. The normalized spacial score (nSPS) is 19.2. The highest BCUT2D eigenvalue weighted by atomic mass is 35.5. The quantitative estimate of drug-likeness (QED) is 0.697. The summed E-state index contributed by atoms with van der Waals surface area (Å²) in [4.78, 5) is 30.0. The second-order valence-electron chi connectivity index (χ2n) is 8.44. The first kappa shape index (κ1) is 20.9. The Kier molecular flexibility index (Phi) is 5.84. The van der Waals surface area contributed by atoms with Crippen molar-refractivity contribution in [1.29, 1.82) is 0 Å². The largest absolute Gasteiger partial charge is 0.369 e. The lowest BCUT2D eigenvalue weighted by atomic mass is 10.1. The van der Waals surface area contributed by atoms with Gasteiger partial charge in [0.15, 0.2) is 5.82 Å². The number of rotatable bonds is 4.